The number of phenols is 1. The second kappa shape index (κ2) is 8.45. The Hall–Kier alpha value is -3.13. The van der Waals surface area contributed by atoms with Gasteiger partial charge in [-0.15, -0.1) is 0 Å². The molecule has 8 nitrogen and oxygen atoms in total. The van der Waals surface area contributed by atoms with Gasteiger partial charge in [-0.2, -0.15) is 0 Å². The number of aliphatic hydroxyl groups excluding tert-OH is 2. The van der Waals surface area contributed by atoms with Crippen LogP contribution in [-0.4, -0.2) is 49.0 Å². The third kappa shape index (κ3) is 4.06. The van der Waals surface area contributed by atoms with Crippen LogP contribution >= 0.6 is 0 Å². The molecule has 0 saturated heterocycles. The average molecular weight is 512 g/mol. The molecule has 1 aromatic carbocycles. The van der Waals surface area contributed by atoms with Crippen molar-refractivity contribution < 1.29 is 34.8 Å². The monoisotopic (exact) mass is 511 g/mol. The first-order chi connectivity index (χ1) is 16.9. The molecule has 4 rings (SSSR count). The zero-order valence-electron chi connectivity index (χ0n) is 22.6. The van der Waals surface area contributed by atoms with Gasteiger partial charge in [-0.25, -0.2) is 0 Å². The fourth-order valence-corrected chi connectivity index (χ4v) is 6.03. The molecule has 8 heteroatoms. The Bertz CT molecular complexity index is 1290. The van der Waals surface area contributed by atoms with Gasteiger partial charge in [0.25, 0.3) is 5.91 Å². The summed E-state index contributed by atoms with van der Waals surface area (Å²) in [5.74, 6) is -5.43. The number of fused-ring (bicyclic) bond motifs is 3. The lowest BCUT2D eigenvalue weighted by atomic mass is 9.59. The number of hydrogen-bond acceptors (Lipinski definition) is 7. The molecule has 1 aromatic rings. The summed E-state index contributed by atoms with van der Waals surface area (Å²) in [5.41, 5.74) is -2.10. The number of hydrogen-bond donors (Lipinski definition) is 5. The maximum absolute atomic E-state index is 13.9. The van der Waals surface area contributed by atoms with Crippen molar-refractivity contribution in [3.63, 3.8) is 0 Å². The molecule has 0 bridgehead atoms. The molecule has 0 fully saturated rings. The van der Waals surface area contributed by atoms with E-state index in [4.69, 9.17) is 0 Å². The summed E-state index contributed by atoms with van der Waals surface area (Å²) in [5, 5.41) is 47.5. The second-order valence-corrected chi connectivity index (χ2v) is 12.6. The van der Waals surface area contributed by atoms with Crippen LogP contribution in [-0.2, 0) is 27.8 Å². The van der Waals surface area contributed by atoms with E-state index < -0.39 is 63.0 Å². The summed E-state index contributed by atoms with van der Waals surface area (Å²) in [6, 6.07) is 1.92. The van der Waals surface area contributed by atoms with Gasteiger partial charge >= 0.3 is 0 Å². The molecule has 3 atom stereocenters. The molecule has 5 N–H and O–H groups in total. The van der Waals surface area contributed by atoms with E-state index >= 15 is 0 Å². The second-order valence-electron chi connectivity index (χ2n) is 12.6. The molecule has 3 aliphatic rings. The fraction of sp³-hybridized carbons (Fsp3) is 0.552. The number of benzene rings is 1. The lowest BCUT2D eigenvalue weighted by Crippen LogP contribution is -2.58. The zero-order valence-corrected chi connectivity index (χ0v) is 22.6. The van der Waals surface area contributed by atoms with Crippen molar-refractivity contribution >= 4 is 17.5 Å². The first-order valence-corrected chi connectivity index (χ1v) is 12.8. The van der Waals surface area contributed by atoms with Gasteiger partial charge in [-0.3, -0.25) is 14.4 Å². The third-order valence-corrected chi connectivity index (χ3v) is 7.81. The van der Waals surface area contributed by atoms with E-state index in [0.717, 1.165) is 5.56 Å². The van der Waals surface area contributed by atoms with Crippen molar-refractivity contribution in [3.05, 3.63) is 51.0 Å². The number of nitrogens with one attached hydrogen (secondary N) is 1. The summed E-state index contributed by atoms with van der Waals surface area (Å²) in [6.07, 6.45) is 0.928. The molecule has 0 spiro atoms. The number of carbonyl (C=O) groups excluding carboxylic acids is 3. The molecule has 0 aliphatic heterocycles. The highest BCUT2D eigenvalue weighted by molar-refractivity contribution is 6.25. The Balaban J connectivity index is 1.88. The largest absolute Gasteiger partial charge is 0.511 e. The number of carbonyl (C=O) groups is 3. The minimum atomic E-state index is -2.53. The molecule has 0 heterocycles. The average Bonchev–Trinajstić information content (AvgIpc) is 2.74. The van der Waals surface area contributed by atoms with Crippen molar-refractivity contribution in [2.24, 2.45) is 11.8 Å². The van der Waals surface area contributed by atoms with Crippen LogP contribution in [0.15, 0.2) is 28.7 Å². The van der Waals surface area contributed by atoms with E-state index in [9.17, 15) is 34.8 Å². The third-order valence-electron chi connectivity index (χ3n) is 7.81. The van der Waals surface area contributed by atoms with Crippen molar-refractivity contribution in [2.75, 3.05) is 0 Å². The Kier molecular flexibility index (Phi) is 6.15. The summed E-state index contributed by atoms with van der Waals surface area (Å²) >= 11 is 0. The zero-order chi connectivity index (χ0) is 27.8. The highest BCUT2D eigenvalue weighted by Gasteiger charge is 2.60. The van der Waals surface area contributed by atoms with Gasteiger partial charge in [-0.1, -0.05) is 33.8 Å². The molecular weight excluding hydrogens is 474 g/mol. The predicted molar refractivity (Wildman–Crippen MR) is 138 cm³/mol. The summed E-state index contributed by atoms with van der Waals surface area (Å²) in [6.45, 7) is 12.9. The molecule has 37 heavy (non-hydrogen) atoms. The van der Waals surface area contributed by atoms with E-state index in [2.05, 4.69) is 5.32 Å². The van der Waals surface area contributed by atoms with Crippen LogP contribution in [0, 0.1) is 11.8 Å². The first kappa shape index (κ1) is 26.9. The lowest BCUT2D eigenvalue weighted by Gasteiger charge is -2.46. The van der Waals surface area contributed by atoms with Crippen molar-refractivity contribution in [1.29, 1.82) is 0 Å². The SMILES string of the molecule is CCc1cc(C(C)(C)C)c(O)c2c1C[C@H]1C[C@H]3CC(O)=C(C(=O)NC(C)(C)C)C(=O)[C@@]3(O)C(O)=C1C2=O. The number of phenolic OH excluding ortho intramolecular Hbond substituents is 1. The Labute approximate surface area is 217 Å². The Morgan fingerprint density at radius 2 is 1.70 bits per heavy atom. The molecule has 200 valence electrons. The summed E-state index contributed by atoms with van der Waals surface area (Å²) < 4.78 is 0. The van der Waals surface area contributed by atoms with Crippen molar-refractivity contribution in [1.82, 2.24) is 5.32 Å². The first-order valence-electron chi connectivity index (χ1n) is 12.8. The number of amides is 1. The molecule has 0 aromatic heterocycles. The Morgan fingerprint density at radius 1 is 1.08 bits per heavy atom. The number of allylic oxidation sites excluding steroid dienone is 2. The van der Waals surface area contributed by atoms with E-state index in [1.54, 1.807) is 20.8 Å². The van der Waals surface area contributed by atoms with Crippen LogP contribution < -0.4 is 5.32 Å². The van der Waals surface area contributed by atoms with Crippen molar-refractivity contribution in [3.8, 4) is 5.75 Å². The number of rotatable bonds is 2. The van der Waals surface area contributed by atoms with E-state index in [-0.39, 0.29) is 29.7 Å². The number of Topliss-reactive ketones (excluding diaryl/α,β-unsaturated/α-hetero) is 2. The van der Waals surface area contributed by atoms with Crippen molar-refractivity contribution in [2.45, 2.75) is 90.7 Å². The van der Waals surface area contributed by atoms with Gasteiger partial charge in [0.1, 0.15) is 22.8 Å². The van der Waals surface area contributed by atoms with Crippen LogP contribution in [0.1, 0.15) is 88.4 Å². The molecule has 0 saturated carbocycles. The van der Waals surface area contributed by atoms with Crippen LogP contribution in [0.25, 0.3) is 0 Å². The summed E-state index contributed by atoms with van der Waals surface area (Å²) in [7, 11) is 0. The number of ketones is 2. The van der Waals surface area contributed by atoms with Gasteiger partial charge < -0.3 is 25.7 Å². The summed E-state index contributed by atoms with van der Waals surface area (Å²) in [4.78, 5) is 40.3. The van der Waals surface area contributed by atoms with Crippen LogP contribution in [0.3, 0.4) is 0 Å². The predicted octanol–water partition coefficient (Wildman–Crippen LogP) is 3.87. The molecule has 3 aliphatic carbocycles. The standard InChI is InChI=1S/C29H37NO7/c1-8-13-11-17(27(2,3)4)22(32)20-16(13)10-14-9-15-12-18(31)21(26(36)30-28(5,6)7)25(35)29(15,37)24(34)19(14)23(20)33/h11,14-15,31-32,34,37H,8-10,12H2,1-7H3,(H,30,36)/t14-,15+,29+/m1/s1. The van der Waals surface area contributed by atoms with Gasteiger partial charge in [0.05, 0.1) is 5.56 Å². The lowest BCUT2D eigenvalue weighted by molar-refractivity contribution is -0.144. The van der Waals surface area contributed by atoms with E-state index in [1.165, 1.54) is 0 Å². The molecule has 0 unspecified atom stereocenters. The topological polar surface area (TPSA) is 144 Å². The number of aromatic hydroxyl groups is 1. The van der Waals surface area contributed by atoms with E-state index in [0.29, 0.717) is 24.0 Å². The quantitative estimate of drug-likeness (QED) is 0.379. The van der Waals surface area contributed by atoms with Gasteiger partial charge in [-0.05, 0) is 62.5 Å². The highest BCUT2D eigenvalue weighted by atomic mass is 16.3. The minimum absolute atomic E-state index is 0.0940. The number of aliphatic hydroxyl groups is 3. The Morgan fingerprint density at radius 3 is 2.24 bits per heavy atom. The van der Waals surface area contributed by atoms with Crippen LogP contribution in [0.2, 0.25) is 0 Å². The van der Waals surface area contributed by atoms with E-state index in [1.807, 2.05) is 33.8 Å². The maximum atomic E-state index is 13.9. The maximum Gasteiger partial charge on any atom is 0.258 e. The van der Waals surface area contributed by atoms with Gasteiger partial charge in [0, 0.05) is 29.0 Å². The smallest absolute Gasteiger partial charge is 0.258 e. The highest BCUT2D eigenvalue weighted by Crippen LogP contribution is 2.52. The molecule has 0 radical (unpaired) electrons. The number of aryl methyl sites for hydroxylation is 1. The van der Waals surface area contributed by atoms with Crippen LogP contribution in [0.5, 0.6) is 5.75 Å². The van der Waals surface area contributed by atoms with Crippen LogP contribution in [0.4, 0.5) is 0 Å². The fourth-order valence-electron chi connectivity index (χ4n) is 6.03. The molecular formula is C29H37NO7. The van der Waals surface area contributed by atoms with Gasteiger partial charge in [0.2, 0.25) is 5.78 Å². The minimum Gasteiger partial charge on any atom is -0.511 e. The normalized spacial score (nSPS) is 26.1. The van der Waals surface area contributed by atoms with Gasteiger partial charge in [0.15, 0.2) is 11.4 Å². The molecule has 1 amide bonds.